The summed E-state index contributed by atoms with van der Waals surface area (Å²) in [5.41, 5.74) is 1.36. The minimum atomic E-state index is -0.311. The highest BCUT2D eigenvalue weighted by molar-refractivity contribution is 5.77. The average molecular weight is 426 g/mol. The molecule has 0 saturated carbocycles. The molecule has 3 heterocycles. The van der Waals surface area contributed by atoms with Crippen LogP contribution in [0.2, 0.25) is 0 Å². The van der Waals surface area contributed by atoms with Crippen molar-refractivity contribution in [2.45, 2.75) is 47.2 Å². The van der Waals surface area contributed by atoms with Crippen LogP contribution in [0.3, 0.4) is 0 Å². The Bertz CT molecular complexity index is 1200. The summed E-state index contributed by atoms with van der Waals surface area (Å²) in [6.45, 7) is 10.8. The summed E-state index contributed by atoms with van der Waals surface area (Å²) in [7, 11) is 1.69. The molecule has 0 bridgehead atoms. The van der Waals surface area contributed by atoms with Crippen LogP contribution in [0.4, 0.5) is 11.6 Å². The second-order valence-electron chi connectivity index (χ2n) is 8.82. The van der Waals surface area contributed by atoms with Crippen molar-refractivity contribution in [2.75, 3.05) is 18.1 Å². The predicted octanol–water partition coefficient (Wildman–Crippen LogP) is 3.13. The lowest BCUT2D eigenvalue weighted by Crippen LogP contribution is -2.40. The first-order chi connectivity index (χ1) is 14.8. The monoisotopic (exact) mass is 425 g/mol. The number of fused-ring (bicyclic) bond motifs is 3. The second kappa shape index (κ2) is 8.24. The number of aryl methyl sites for hydroxylation is 1. The van der Waals surface area contributed by atoms with Gasteiger partial charge in [-0.3, -0.25) is 13.9 Å². The zero-order valence-electron chi connectivity index (χ0n) is 19.0. The molecule has 0 fully saturated rings. The third-order valence-corrected chi connectivity index (χ3v) is 5.83. The predicted molar refractivity (Wildman–Crippen MR) is 122 cm³/mol. The number of hydrogen-bond donors (Lipinski definition) is 0. The Balaban J connectivity index is 1.87. The number of hydrogen-bond acceptors (Lipinski definition) is 5. The van der Waals surface area contributed by atoms with Crippen molar-refractivity contribution in [1.82, 2.24) is 18.7 Å². The van der Waals surface area contributed by atoms with Gasteiger partial charge in [-0.1, -0.05) is 20.8 Å². The number of aromatic nitrogens is 4. The van der Waals surface area contributed by atoms with Crippen LogP contribution >= 0.6 is 0 Å². The van der Waals surface area contributed by atoms with E-state index in [9.17, 15) is 9.59 Å². The second-order valence-corrected chi connectivity index (χ2v) is 8.82. The summed E-state index contributed by atoms with van der Waals surface area (Å²) in [6.07, 6.45) is 0.774. The van der Waals surface area contributed by atoms with Crippen LogP contribution < -0.4 is 20.9 Å². The smallest absolute Gasteiger partial charge is 0.332 e. The van der Waals surface area contributed by atoms with Crippen molar-refractivity contribution in [3.63, 3.8) is 0 Å². The van der Waals surface area contributed by atoms with E-state index in [1.165, 1.54) is 9.13 Å². The van der Waals surface area contributed by atoms with E-state index in [1.54, 1.807) is 7.05 Å². The number of ether oxygens (including phenoxy) is 1. The molecule has 1 aromatic carbocycles. The van der Waals surface area contributed by atoms with Gasteiger partial charge in [0.05, 0.1) is 6.61 Å². The molecule has 0 amide bonds. The van der Waals surface area contributed by atoms with Gasteiger partial charge in [0.15, 0.2) is 11.2 Å². The first kappa shape index (κ1) is 21.2. The summed E-state index contributed by atoms with van der Waals surface area (Å²) in [6, 6.07) is 7.90. The van der Waals surface area contributed by atoms with Gasteiger partial charge in [0.25, 0.3) is 5.56 Å². The van der Waals surface area contributed by atoms with Crippen molar-refractivity contribution in [3.05, 3.63) is 45.1 Å². The summed E-state index contributed by atoms with van der Waals surface area (Å²) in [5, 5.41) is 0. The highest BCUT2D eigenvalue weighted by Crippen LogP contribution is 2.33. The van der Waals surface area contributed by atoms with Crippen LogP contribution in [0.5, 0.6) is 5.75 Å². The normalized spacial score (nSPS) is 16.2. The SMILES string of the molecule is CCOc1ccc(N2C[C@@H](C)Cn3c2nc2c3c(=O)n(CCC(C)C)c(=O)n2C)cc1. The highest BCUT2D eigenvalue weighted by atomic mass is 16.5. The first-order valence-electron chi connectivity index (χ1n) is 11.0. The fourth-order valence-electron chi connectivity index (χ4n) is 4.20. The number of rotatable bonds is 6. The van der Waals surface area contributed by atoms with Crippen molar-refractivity contribution in [2.24, 2.45) is 18.9 Å². The lowest BCUT2D eigenvalue weighted by molar-refractivity contribution is 0.340. The highest BCUT2D eigenvalue weighted by Gasteiger charge is 2.29. The molecule has 3 aromatic rings. The molecule has 4 rings (SSSR count). The van der Waals surface area contributed by atoms with Crippen LogP contribution in [0.1, 0.15) is 34.1 Å². The van der Waals surface area contributed by atoms with Gasteiger partial charge in [-0.05, 0) is 49.4 Å². The fraction of sp³-hybridized carbons (Fsp3) is 0.522. The number of nitrogens with zero attached hydrogens (tertiary/aromatic N) is 5. The first-order valence-corrected chi connectivity index (χ1v) is 11.0. The molecule has 1 aliphatic heterocycles. The van der Waals surface area contributed by atoms with Gasteiger partial charge < -0.3 is 14.2 Å². The van der Waals surface area contributed by atoms with Gasteiger partial charge >= 0.3 is 5.69 Å². The van der Waals surface area contributed by atoms with E-state index in [1.807, 2.05) is 35.8 Å². The molecule has 0 unspecified atom stereocenters. The lowest BCUT2D eigenvalue weighted by atomic mass is 10.1. The Hall–Kier alpha value is -3.03. The molecule has 8 heteroatoms. The summed E-state index contributed by atoms with van der Waals surface area (Å²) >= 11 is 0. The Morgan fingerprint density at radius 3 is 2.52 bits per heavy atom. The molecule has 0 saturated heterocycles. The van der Waals surface area contributed by atoms with Gasteiger partial charge in [0.1, 0.15) is 5.75 Å². The molecule has 8 nitrogen and oxygen atoms in total. The lowest BCUT2D eigenvalue weighted by Gasteiger charge is -2.33. The summed E-state index contributed by atoms with van der Waals surface area (Å²) in [4.78, 5) is 33.1. The van der Waals surface area contributed by atoms with E-state index in [4.69, 9.17) is 9.72 Å². The molecule has 2 aromatic heterocycles. The van der Waals surface area contributed by atoms with Gasteiger partial charge in [0, 0.05) is 32.4 Å². The molecule has 166 valence electrons. The van der Waals surface area contributed by atoms with Crippen LogP contribution in [-0.2, 0) is 20.1 Å². The largest absolute Gasteiger partial charge is 0.494 e. The molecule has 31 heavy (non-hydrogen) atoms. The molecule has 0 N–H and O–H groups in total. The van der Waals surface area contributed by atoms with Crippen molar-refractivity contribution in [3.8, 4) is 5.75 Å². The average Bonchev–Trinajstić information content (AvgIpc) is 3.12. The van der Waals surface area contributed by atoms with Gasteiger partial charge in [0.2, 0.25) is 5.95 Å². The van der Waals surface area contributed by atoms with Gasteiger partial charge in [-0.15, -0.1) is 0 Å². The summed E-state index contributed by atoms with van der Waals surface area (Å²) in [5.74, 6) is 2.24. The van der Waals surface area contributed by atoms with Gasteiger partial charge in [-0.25, -0.2) is 4.79 Å². The summed E-state index contributed by atoms with van der Waals surface area (Å²) < 4.78 is 10.4. The van der Waals surface area contributed by atoms with Crippen molar-refractivity contribution in [1.29, 1.82) is 0 Å². The van der Waals surface area contributed by atoms with Crippen molar-refractivity contribution < 1.29 is 4.74 Å². The van der Waals surface area contributed by atoms with Crippen molar-refractivity contribution >= 4 is 22.8 Å². The van der Waals surface area contributed by atoms with Crippen LogP contribution in [0, 0.1) is 11.8 Å². The number of benzene rings is 1. The maximum Gasteiger partial charge on any atom is 0.332 e. The zero-order valence-corrected chi connectivity index (χ0v) is 19.0. The molecule has 0 aliphatic carbocycles. The van der Waals surface area contributed by atoms with Crippen LogP contribution in [0.15, 0.2) is 33.9 Å². The Morgan fingerprint density at radius 2 is 1.87 bits per heavy atom. The number of anilines is 2. The zero-order chi connectivity index (χ0) is 22.3. The topological polar surface area (TPSA) is 74.3 Å². The maximum atomic E-state index is 13.4. The van der Waals surface area contributed by atoms with E-state index in [2.05, 4.69) is 25.7 Å². The minimum Gasteiger partial charge on any atom is -0.494 e. The molecule has 0 spiro atoms. The Morgan fingerprint density at radius 1 is 1.16 bits per heavy atom. The molecule has 1 atom stereocenters. The van der Waals surface area contributed by atoms with Gasteiger partial charge in [-0.2, -0.15) is 4.98 Å². The molecular formula is C23H31N5O3. The Kier molecular flexibility index (Phi) is 5.64. The van der Waals surface area contributed by atoms with Crippen LogP contribution in [0.25, 0.3) is 11.2 Å². The quantitative estimate of drug-likeness (QED) is 0.607. The third-order valence-electron chi connectivity index (χ3n) is 5.83. The van der Waals surface area contributed by atoms with E-state index in [-0.39, 0.29) is 11.2 Å². The standard InChI is InChI=1S/C23H31N5O3/c1-6-31-18-9-7-17(8-10-18)27-13-16(4)14-28-19-20(24-22(27)28)25(5)23(30)26(21(19)29)12-11-15(2)3/h7-10,15-16H,6,11-14H2,1-5H3/t16-/m1/s1. The van der Waals surface area contributed by atoms with E-state index < -0.39 is 0 Å². The Labute approximate surface area is 181 Å². The molecule has 0 radical (unpaired) electrons. The van der Waals surface area contributed by atoms with E-state index in [0.717, 1.165) is 24.4 Å². The fourth-order valence-corrected chi connectivity index (χ4v) is 4.20. The minimum absolute atomic E-state index is 0.252. The molecular weight excluding hydrogens is 394 g/mol. The number of imidazole rings is 1. The molecule has 1 aliphatic rings. The van der Waals surface area contributed by atoms with Crippen LogP contribution in [-0.4, -0.2) is 31.8 Å². The van der Waals surface area contributed by atoms with E-state index in [0.29, 0.717) is 48.6 Å². The van der Waals surface area contributed by atoms with E-state index >= 15 is 0 Å². The maximum absolute atomic E-state index is 13.4. The third kappa shape index (κ3) is 3.75.